The van der Waals surface area contributed by atoms with E-state index in [1.807, 2.05) is 30.0 Å². The lowest BCUT2D eigenvalue weighted by Crippen LogP contribution is -2.32. The molecule has 1 aliphatic carbocycles. The van der Waals surface area contributed by atoms with Gasteiger partial charge in [-0.25, -0.2) is 0 Å². The van der Waals surface area contributed by atoms with Gasteiger partial charge in [-0.15, -0.1) is 11.8 Å². The van der Waals surface area contributed by atoms with Crippen molar-refractivity contribution in [3.05, 3.63) is 24.3 Å². The summed E-state index contributed by atoms with van der Waals surface area (Å²) in [5.41, 5.74) is 0.726. The van der Waals surface area contributed by atoms with Crippen LogP contribution >= 0.6 is 11.8 Å². The second kappa shape index (κ2) is 3.46. The third-order valence-corrected chi connectivity index (χ3v) is 3.39. The standard InChI is InChI=1S/C9H12N2S/c10-8-4-2-1-3-7(8)9-11-5-6-12-9/h1-4,7,9-11H,5-6H2. The van der Waals surface area contributed by atoms with Crippen molar-refractivity contribution in [3.8, 4) is 0 Å². The van der Waals surface area contributed by atoms with Gasteiger partial charge in [0.05, 0.1) is 5.37 Å². The van der Waals surface area contributed by atoms with Gasteiger partial charge in [0, 0.05) is 23.9 Å². The first-order valence-electron chi connectivity index (χ1n) is 4.16. The minimum Gasteiger partial charge on any atom is -0.305 e. The average molecular weight is 180 g/mol. The van der Waals surface area contributed by atoms with E-state index in [0.717, 1.165) is 12.3 Å². The number of rotatable bonds is 1. The van der Waals surface area contributed by atoms with Crippen LogP contribution in [0, 0.1) is 11.3 Å². The van der Waals surface area contributed by atoms with Gasteiger partial charge in [0.15, 0.2) is 0 Å². The Morgan fingerprint density at radius 1 is 1.50 bits per heavy atom. The third-order valence-electron chi connectivity index (χ3n) is 2.14. The van der Waals surface area contributed by atoms with E-state index in [-0.39, 0.29) is 5.92 Å². The van der Waals surface area contributed by atoms with E-state index in [4.69, 9.17) is 5.41 Å². The van der Waals surface area contributed by atoms with E-state index < -0.39 is 0 Å². The van der Waals surface area contributed by atoms with Crippen LogP contribution in [-0.4, -0.2) is 23.4 Å². The van der Waals surface area contributed by atoms with Crippen LogP contribution in [0.25, 0.3) is 0 Å². The van der Waals surface area contributed by atoms with Crippen LogP contribution < -0.4 is 5.32 Å². The zero-order valence-corrected chi connectivity index (χ0v) is 7.60. The fraction of sp³-hybridized carbons (Fsp3) is 0.444. The van der Waals surface area contributed by atoms with Crippen LogP contribution in [0.5, 0.6) is 0 Å². The normalized spacial score (nSPS) is 34.5. The van der Waals surface area contributed by atoms with Crippen LogP contribution in [-0.2, 0) is 0 Å². The van der Waals surface area contributed by atoms with Gasteiger partial charge in [0.25, 0.3) is 0 Å². The minimum absolute atomic E-state index is 0.280. The second-order valence-electron chi connectivity index (χ2n) is 2.97. The second-order valence-corrected chi connectivity index (χ2v) is 4.22. The van der Waals surface area contributed by atoms with Crippen molar-refractivity contribution in [1.29, 1.82) is 5.41 Å². The van der Waals surface area contributed by atoms with Gasteiger partial charge in [0.2, 0.25) is 0 Å². The Morgan fingerprint density at radius 3 is 3.08 bits per heavy atom. The zero-order valence-electron chi connectivity index (χ0n) is 6.79. The van der Waals surface area contributed by atoms with E-state index in [2.05, 4.69) is 11.4 Å². The lowest BCUT2D eigenvalue weighted by Gasteiger charge is -2.20. The first kappa shape index (κ1) is 8.08. The highest BCUT2D eigenvalue weighted by molar-refractivity contribution is 8.00. The molecule has 2 rings (SSSR count). The Kier molecular flexibility index (Phi) is 2.33. The van der Waals surface area contributed by atoms with Gasteiger partial charge in [-0.3, -0.25) is 0 Å². The van der Waals surface area contributed by atoms with Crippen molar-refractivity contribution in [1.82, 2.24) is 5.32 Å². The SMILES string of the molecule is N=C1C=CC=CC1C1NCCS1. The molecule has 2 nitrogen and oxygen atoms in total. The van der Waals surface area contributed by atoms with Gasteiger partial charge in [0.1, 0.15) is 0 Å². The maximum Gasteiger partial charge on any atom is 0.0652 e. The number of thioether (sulfide) groups is 1. The van der Waals surface area contributed by atoms with Gasteiger partial charge >= 0.3 is 0 Å². The summed E-state index contributed by atoms with van der Waals surface area (Å²) in [6, 6.07) is 0. The molecule has 1 aliphatic heterocycles. The molecular formula is C9H12N2S. The summed E-state index contributed by atoms with van der Waals surface area (Å²) >= 11 is 1.92. The average Bonchev–Trinajstić information content (AvgIpc) is 2.57. The Morgan fingerprint density at radius 2 is 2.42 bits per heavy atom. The van der Waals surface area contributed by atoms with E-state index in [9.17, 15) is 0 Å². The summed E-state index contributed by atoms with van der Waals surface area (Å²) in [6.45, 7) is 1.08. The van der Waals surface area contributed by atoms with Gasteiger partial charge < -0.3 is 10.7 Å². The number of hydrogen-bond acceptors (Lipinski definition) is 3. The van der Waals surface area contributed by atoms with Gasteiger partial charge in [-0.2, -0.15) is 0 Å². The molecule has 0 saturated carbocycles. The van der Waals surface area contributed by atoms with E-state index in [0.29, 0.717) is 5.37 Å². The molecular weight excluding hydrogens is 168 g/mol. The molecule has 0 aromatic carbocycles. The van der Waals surface area contributed by atoms with Crippen molar-refractivity contribution in [3.63, 3.8) is 0 Å². The summed E-state index contributed by atoms with van der Waals surface area (Å²) < 4.78 is 0. The quantitative estimate of drug-likeness (QED) is 0.640. The van der Waals surface area contributed by atoms with Crippen molar-refractivity contribution in [2.75, 3.05) is 12.3 Å². The van der Waals surface area contributed by atoms with Gasteiger partial charge in [-0.1, -0.05) is 18.2 Å². The maximum absolute atomic E-state index is 7.72. The maximum atomic E-state index is 7.72. The van der Waals surface area contributed by atoms with Crippen LogP contribution in [0.4, 0.5) is 0 Å². The molecule has 0 aromatic heterocycles. The molecule has 2 N–H and O–H groups in total. The summed E-state index contributed by atoms with van der Waals surface area (Å²) in [4.78, 5) is 0. The predicted octanol–water partition coefficient (Wildman–Crippen LogP) is 1.41. The van der Waals surface area contributed by atoms with Crippen LogP contribution in [0.15, 0.2) is 24.3 Å². The topological polar surface area (TPSA) is 35.9 Å². The molecule has 3 heteroatoms. The number of allylic oxidation sites excluding steroid dienone is 3. The highest BCUT2D eigenvalue weighted by Crippen LogP contribution is 2.25. The highest BCUT2D eigenvalue weighted by Gasteiger charge is 2.25. The molecule has 0 radical (unpaired) electrons. The molecule has 0 spiro atoms. The molecule has 1 fully saturated rings. The summed E-state index contributed by atoms with van der Waals surface area (Å²) in [7, 11) is 0. The predicted molar refractivity (Wildman–Crippen MR) is 53.7 cm³/mol. The Bertz CT molecular complexity index is 239. The molecule has 0 amide bonds. The van der Waals surface area contributed by atoms with E-state index >= 15 is 0 Å². The Hall–Kier alpha value is -0.540. The highest BCUT2D eigenvalue weighted by atomic mass is 32.2. The van der Waals surface area contributed by atoms with E-state index in [1.54, 1.807) is 0 Å². The molecule has 0 aromatic rings. The molecule has 2 unspecified atom stereocenters. The zero-order chi connectivity index (χ0) is 8.39. The summed E-state index contributed by atoms with van der Waals surface area (Å²) in [5.74, 6) is 1.45. The number of hydrogen-bond donors (Lipinski definition) is 2. The van der Waals surface area contributed by atoms with E-state index in [1.165, 1.54) is 5.75 Å². The first-order chi connectivity index (χ1) is 5.88. The van der Waals surface area contributed by atoms with Crippen LogP contribution in [0.1, 0.15) is 0 Å². The number of nitrogens with one attached hydrogen (secondary N) is 2. The van der Waals surface area contributed by atoms with Crippen LogP contribution in [0.3, 0.4) is 0 Å². The lowest BCUT2D eigenvalue weighted by atomic mass is 9.98. The van der Waals surface area contributed by atoms with Crippen molar-refractivity contribution < 1.29 is 0 Å². The summed E-state index contributed by atoms with van der Waals surface area (Å²) in [5, 5.41) is 11.5. The summed E-state index contributed by atoms with van der Waals surface area (Å²) in [6.07, 6.45) is 7.95. The molecule has 64 valence electrons. The van der Waals surface area contributed by atoms with Crippen molar-refractivity contribution in [2.45, 2.75) is 5.37 Å². The minimum atomic E-state index is 0.280. The third kappa shape index (κ3) is 1.47. The molecule has 1 saturated heterocycles. The van der Waals surface area contributed by atoms with Crippen LogP contribution in [0.2, 0.25) is 0 Å². The monoisotopic (exact) mass is 180 g/mol. The molecule has 12 heavy (non-hydrogen) atoms. The Balaban J connectivity index is 2.07. The molecule has 0 bridgehead atoms. The Labute approximate surface area is 76.6 Å². The smallest absolute Gasteiger partial charge is 0.0652 e. The van der Waals surface area contributed by atoms with Crippen molar-refractivity contribution >= 4 is 17.5 Å². The first-order valence-corrected chi connectivity index (χ1v) is 5.21. The fourth-order valence-electron chi connectivity index (χ4n) is 1.50. The van der Waals surface area contributed by atoms with Crippen molar-refractivity contribution in [2.24, 2.45) is 5.92 Å². The fourth-order valence-corrected chi connectivity index (χ4v) is 2.67. The van der Waals surface area contributed by atoms with Gasteiger partial charge in [-0.05, 0) is 6.08 Å². The largest absolute Gasteiger partial charge is 0.305 e. The molecule has 2 aliphatic rings. The molecule has 2 atom stereocenters. The lowest BCUT2D eigenvalue weighted by molar-refractivity contribution is 0.654. The molecule has 1 heterocycles.